The summed E-state index contributed by atoms with van der Waals surface area (Å²) in [6.45, 7) is 2.88. The fraction of sp³-hybridized carbons (Fsp3) is 0.636. The molecule has 3 aliphatic heterocycles. The Hall–Kier alpha value is -2.12. The molecule has 7 heteroatoms. The molecule has 0 aliphatic carbocycles. The predicted octanol–water partition coefficient (Wildman–Crippen LogP) is 1.70. The summed E-state index contributed by atoms with van der Waals surface area (Å²) in [5, 5.41) is 12.6. The molecule has 3 saturated heterocycles. The summed E-state index contributed by atoms with van der Waals surface area (Å²) in [4.78, 5) is 26.8. The number of fused-ring (bicyclic) bond motifs is 2. The van der Waals surface area contributed by atoms with E-state index in [0.29, 0.717) is 0 Å². The van der Waals surface area contributed by atoms with E-state index < -0.39 is 17.8 Å². The number of nitrogens with one attached hydrogen (secondary N) is 1. The molecular formula is C22H30N2O5. The first-order chi connectivity index (χ1) is 14.0. The number of piperidine rings is 1. The molecule has 4 atom stereocenters. The molecule has 1 aromatic carbocycles. The maximum Gasteiger partial charge on any atom is 0.310 e. The van der Waals surface area contributed by atoms with Crippen molar-refractivity contribution in [2.75, 3.05) is 26.7 Å². The minimum absolute atomic E-state index is 0.119. The number of hydrogen-bond donors (Lipinski definition) is 2. The molecule has 4 unspecified atom stereocenters. The summed E-state index contributed by atoms with van der Waals surface area (Å²) in [6.07, 6.45) is 3.79. The zero-order valence-electron chi connectivity index (χ0n) is 16.9. The normalized spacial score (nSPS) is 29.7. The van der Waals surface area contributed by atoms with Crippen LogP contribution in [0.5, 0.6) is 5.75 Å². The van der Waals surface area contributed by atoms with Gasteiger partial charge < -0.3 is 24.8 Å². The van der Waals surface area contributed by atoms with Gasteiger partial charge in [0.05, 0.1) is 31.2 Å². The average molecular weight is 402 g/mol. The topological polar surface area (TPSA) is 88.1 Å². The Morgan fingerprint density at radius 3 is 2.38 bits per heavy atom. The first-order valence-corrected chi connectivity index (χ1v) is 10.6. The molecule has 1 amide bonds. The highest BCUT2D eigenvalue weighted by Crippen LogP contribution is 2.43. The number of carbonyl (C=O) groups excluding carboxylic acids is 1. The third-order valence-corrected chi connectivity index (χ3v) is 6.67. The van der Waals surface area contributed by atoms with E-state index in [9.17, 15) is 14.7 Å². The summed E-state index contributed by atoms with van der Waals surface area (Å²) in [5.74, 6) is -1.42. The molecule has 1 aromatic rings. The van der Waals surface area contributed by atoms with Gasteiger partial charge in [-0.25, -0.2) is 0 Å². The van der Waals surface area contributed by atoms with E-state index in [1.54, 1.807) is 7.11 Å². The highest BCUT2D eigenvalue weighted by atomic mass is 16.5. The molecule has 0 spiro atoms. The van der Waals surface area contributed by atoms with Gasteiger partial charge in [0.25, 0.3) is 0 Å². The molecule has 0 saturated carbocycles. The second-order valence-corrected chi connectivity index (χ2v) is 8.40. The van der Waals surface area contributed by atoms with Crippen molar-refractivity contribution < 1.29 is 24.2 Å². The summed E-state index contributed by atoms with van der Waals surface area (Å²) in [7, 11) is 1.67. The lowest BCUT2D eigenvalue weighted by Gasteiger charge is -2.33. The number of aliphatic carboxylic acids is 1. The van der Waals surface area contributed by atoms with Gasteiger partial charge in [0, 0.05) is 25.7 Å². The van der Waals surface area contributed by atoms with Crippen LogP contribution in [0.4, 0.5) is 0 Å². The number of methoxy groups -OCH3 is 1. The van der Waals surface area contributed by atoms with Crippen molar-refractivity contribution in [1.82, 2.24) is 10.2 Å². The van der Waals surface area contributed by atoms with Gasteiger partial charge in [-0.2, -0.15) is 0 Å². The van der Waals surface area contributed by atoms with Gasteiger partial charge >= 0.3 is 5.97 Å². The quantitative estimate of drug-likeness (QED) is 0.722. The molecule has 3 fully saturated rings. The number of benzene rings is 1. The second-order valence-electron chi connectivity index (χ2n) is 8.40. The van der Waals surface area contributed by atoms with Crippen LogP contribution in [-0.4, -0.2) is 66.9 Å². The zero-order valence-corrected chi connectivity index (χ0v) is 16.9. The first kappa shape index (κ1) is 20.2. The smallest absolute Gasteiger partial charge is 0.310 e. The van der Waals surface area contributed by atoms with Crippen LogP contribution >= 0.6 is 0 Å². The van der Waals surface area contributed by atoms with Crippen molar-refractivity contribution in [1.29, 1.82) is 0 Å². The SMILES string of the molecule is COc1ccc(CCN2CCC(NC(=O)C3C4CCC(O4)C3C(=O)O)CC2)cc1. The van der Waals surface area contributed by atoms with Crippen LogP contribution in [0.15, 0.2) is 24.3 Å². The standard InChI is InChI=1S/C22H30N2O5/c1-28-16-4-2-14(3-5-16)8-11-24-12-9-15(10-13-24)23-21(25)19-17-6-7-18(29-17)20(19)22(26)27/h2-5,15,17-20H,6-13H2,1H3,(H,23,25)(H,26,27). The second kappa shape index (κ2) is 8.71. The van der Waals surface area contributed by atoms with Gasteiger partial charge in [-0.15, -0.1) is 0 Å². The minimum atomic E-state index is -0.911. The molecule has 2 bridgehead atoms. The molecule has 7 nitrogen and oxygen atoms in total. The van der Waals surface area contributed by atoms with Gasteiger partial charge in [0.2, 0.25) is 5.91 Å². The Morgan fingerprint density at radius 2 is 1.76 bits per heavy atom. The Labute approximate surface area is 171 Å². The number of rotatable bonds is 7. The Morgan fingerprint density at radius 1 is 1.10 bits per heavy atom. The summed E-state index contributed by atoms with van der Waals surface area (Å²) >= 11 is 0. The molecule has 3 heterocycles. The molecule has 2 N–H and O–H groups in total. The van der Waals surface area contributed by atoms with Gasteiger partial charge in [0.1, 0.15) is 5.75 Å². The lowest BCUT2D eigenvalue weighted by molar-refractivity contribution is -0.148. The molecule has 4 rings (SSSR count). The molecule has 29 heavy (non-hydrogen) atoms. The van der Waals surface area contributed by atoms with E-state index in [1.165, 1.54) is 5.56 Å². The lowest BCUT2D eigenvalue weighted by Crippen LogP contribution is -2.50. The van der Waals surface area contributed by atoms with Crippen molar-refractivity contribution >= 4 is 11.9 Å². The summed E-state index contributed by atoms with van der Waals surface area (Å²) < 4.78 is 10.9. The summed E-state index contributed by atoms with van der Waals surface area (Å²) in [5.41, 5.74) is 1.29. The van der Waals surface area contributed by atoms with Crippen molar-refractivity contribution in [3.8, 4) is 5.75 Å². The number of carbonyl (C=O) groups is 2. The van der Waals surface area contributed by atoms with Crippen molar-refractivity contribution in [2.45, 2.75) is 50.4 Å². The number of amides is 1. The minimum Gasteiger partial charge on any atom is -0.497 e. The third-order valence-electron chi connectivity index (χ3n) is 6.67. The predicted molar refractivity (Wildman–Crippen MR) is 107 cm³/mol. The Kier molecular flexibility index (Phi) is 6.06. The largest absolute Gasteiger partial charge is 0.497 e. The lowest BCUT2D eigenvalue weighted by atomic mass is 9.78. The van der Waals surface area contributed by atoms with E-state index in [4.69, 9.17) is 9.47 Å². The molecule has 0 radical (unpaired) electrons. The number of carboxylic acids is 1. The van der Waals surface area contributed by atoms with Crippen molar-refractivity contribution in [3.63, 3.8) is 0 Å². The van der Waals surface area contributed by atoms with Crippen molar-refractivity contribution in [2.24, 2.45) is 11.8 Å². The fourth-order valence-electron chi connectivity index (χ4n) is 5.00. The first-order valence-electron chi connectivity index (χ1n) is 10.6. The Balaban J connectivity index is 1.22. The number of nitrogens with zero attached hydrogens (tertiary/aromatic N) is 1. The van der Waals surface area contributed by atoms with Crippen LogP contribution in [0.3, 0.4) is 0 Å². The number of likely N-dealkylation sites (tertiary alicyclic amines) is 1. The van der Waals surface area contributed by atoms with Gasteiger partial charge in [-0.3, -0.25) is 9.59 Å². The van der Waals surface area contributed by atoms with E-state index in [0.717, 1.165) is 57.5 Å². The molecule has 3 aliphatic rings. The third kappa shape index (κ3) is 4.41. The molecular weight excluding hydrogens is 372 g/mol. The van der Waals surface area contributed by atoms with Crippen LogP contribution in [0.25, 0.3) is 0 Å². The van der Waals surface area contributed by atoms with Crippen LogP contribution in [0.1, 0.15) is 31.2 Å². The Bertz CT molecular complexity index is 729. The maximum atomic E-state index is 12.8. The van der Waals surface area contributed by atoms with Gasteiger partial charge in [-0.05, 0) is 49.8 Å². The zero-order chi connectivity index (χ0) is 20.4. The monoisotopic (exact) mass is 402 g/mol. The van der Waals surface area contributed by atoms with Gasteiger partial charge in [0.15, 0.2) is 0 Å². The van der Waals surface area contributed by atoms with E-state index in [2.05, 4.69) is 22.3 Å². The number of carboxylic acid groups (broad SMARTS) is 1. The van der Waals surface area contributed by atoms with Crippen molar-refractivity contribution in [3.05, 3.63) is 29.8 Å². The molecule has 158 valence electrons. The van der Waals surface area contributed by atoms with Gasteiger partial charge in [-0.1, -0.05) is 12.1 Å². The van der Waals surface area contributed by atoms with E-state index in [1.807, 2.05) is 12.1 Å². The maximum absolute atomic E-state index is 12.8. The highest BCUT2D eigenvalue weighted by molar-refractivity contribution is 5.86. The number of ether oxygens (including phenoxy) is 2. The average Bonchev–Trinajstić information content (AvgIpc) is 3.35. The fourth-order valence-corrected chi connectivity index (χ4v) is 5.00. The summed E-state index contributed by atoms with van der Waals surface area (Å²) in [6, 6.07) is 8.29. The van der Waals surface area contributed by atoms with E-state index in [-0.39, 0.29) is 24.2 Å². The van der Waals surface area contributed by atoms with Crippen LogP contribution in [-0.2, 0) is 20.7 Å². The number of hydrogen-bond acceptors (Lipinski definition) is 5. The van der Waals surface area contributed by atoms with Crippen LogP contribution in [0.2, 0.25) is 0 Å². The van der Waals surface area contributed by atoms with Crippen LogP contribution < -0.4 is 10.1 Å². The molecule has 0 aromatic heterocycles. The van der Waals surface area contributed by atoms with E-state index >= 15 is 0 Å². The van der Waals surface area contributed by atoms with Crippen LogP contribution in [0, 0.1) is 11.8 Å². The highest BCUT2D eigenvalue weighted by Gasteiger charge is 2.55.